The summed E-state index contributed by atoms with van der Waals surface area (Å²) in [7, 11) is 0. The summed E-state index contributed by atoms with van der Waals surface area (Å²) in [5.74, 6) is 0.214. The summed E-state index contributed by atoms with van der Waals surface area (Å²) in [4.78, 5) is 21.1. The van der Waals surface area contributed by atoms with Gasteiger partial charge in [0, 0.05) is 23.6 Å². The lowest BCUT2D eigenvalue weighted by molar-refractivity contribution is -0.137. The molecule has 34 heavy (non-hydrogen) atoms. The minimum absolute atomic E-state index is 0.0494. The molecule has 1 amide bonds. The second kappa shape index (κ2) is 9.89. The quantitative estimate of drug-likeness (QED) is 0.331. The second-order valence-corrected chi connectivity index (χ2v) is 9.10. The maximum atomic E-state index is 13.1. The first-order valence-corrected chi connectivity index (χ1v) is 11.7. The van der Waals surface area contributed by atoms with Crippen LogP contribution in [0.4, 0.5) is 13.2 Å². The normalized spacial score (nSPS) is 11.8. The number of aromatic nitrogens is 3. The number of hydrogen-bond acceptors (Lipinski definition) is 4. The lowest BCUT2D eigenvalue weighted by Crippen LogP contribution is -2.29. The first-order valence-electron chi connectivity index (χ1n) is 10.7. The summed E-state index contributed by atoms with van der Waals surface area (Å²) in [5.41, 5.74) is 3.03. The minimum atomic E-state index is -4.38. The van der Waals surface area contributed by atoms with Gasteiger partial charge >= 0.3 is 6.18 Å². The van der Waals surface area contributed by atoms with Gasteiger partial charge in [-0.2, -0.15) is 13.2 Å². The number of carbonyl (C=O) groups excluding carboxylic acids is 1. The second-order valence-electron chi connectivity index (χ2n) is 8.16. The third-order valence-corrected chi connectivity index (χ3v) is 6.16. The Balaban J connectivity index is 1.57. The molecule has 0 radical (unpaired) electrons. The van der Waals surface area contributed by atoms with Gasteiger partial charge in [-0.3, -0.25) is 9.78 Å². The number of hydrogen-bond donors (Lipinski definition) is 1. The SMILES string of the molecule is CC(C)NC(=O)c1ccc(Cn2c(SCc3cccc(C(F)(F)F)c3)nc3ccncc32)cc1. The number of fused-ring (bicyclic) bond motifs is 1. The Kier molecular flexibility index (Phi) is 6.92. The van der Waals surface area contributed by atoms with Crippen LogP contribution in [0.1, 0.15) is 40.9 Å². The number of imidazole rings is 1. The number of benzene rings is 2. The van der Waals surface area contributed by atoms with Crippen LogP contribution >= 0.6 is 11.8 Å². The smallest absolute Gasteiger partial charge is 0.350 e. The topological polar surface area (TPSA) is 59.8 Å². The Morgan fingerprint density at radius 2 is 1.85 bits per heavy atom. The molecule has 0 bridgehead atoms. The first kappa shape index (κ1) is 23.8. The number of alkyl halides is 3. The molecule has 0 saturated carbocycles. The Morgan fingerprint density at radius 1 is 1.09 bits per heavy atom. The largest absolute Gasteiger partial charge is 0.416 e. The Morgan fingerprint density at radius 3 is 2.56 bits per heavy atom. The molecule has 4 aromatic rings. The van der Waals surface area contributed by atoms with E-state index in [4.69, 9.17) is 0 Å². The summed E-state index contributed by atoms with van der Waals surface area (Å²) in [6, 6.07) is 14.5. The lowest BCUT2D eigenvalue weighted by atomic mass is 10.1. The maximum absolute atomic E-state index is 13.1. The van der Waals surface area contributed by atoms with Gasteiger partial charge in [0.2, 0.25) is 0 Å². The van der Waals surface area contributed by atoms with Crippen molar-refractivity contribution in [1.82, 2.24) is 19.9 Å². The zero-order valence-electron chi connectivity index (χ0n) is 18.6. The van der Waals surface area contributed by atoms with Crippen molar-refractivity contribution in [2.75, 3.05) is 0 Å². The molecule has 4 rings (SSSR count). The van der Waals surface area contributed by atoms with E-state index in [1.54, 1.807) is 36.7 Å². The highest BCUT2D eigenvalue weighted by atomic mass is 32.2. The third-order valence-electron chi connectivity index (χ3n) is 5.11. The predicted molar refractivity (Wildman–Crippen MR) is 127 cm³/mol. The van der Waals surface area contributed by atoms with Gasteiger partial charge in [-0.05, 0) is 49.2 Å². The monoisotopic (exact) mass is 484 g/mol. The van der Waals surface area contributed by atoms with Crippen molar-refractivity contribution in [2.24, 2.45) is 0 Å². The van der Waals surface area contributed by atoms with Crippen molar-refractivity contribution in [2.45, 2.75) is 43.5 Å². The van der Waals surface area contributed by atoms with Crippen LogP contribution in [-0.2, 0) is 18.5 Å². The average Bonchev–Trinajstić information content (AvgIpc) is 3.15. The number of pyridine rings is 1. The molecule has 2 aromatic carbocycles. The number of nitrogens with one attached hydrogen (secondary N) is 1. The summed E-state index contributed by atoms with van der Waals surface area (Å²) < 4.78 is 41.2. The molecule has 2 heterocycles. The minimum Gasteiger partial charge on any atom is -0.350 e. The molecule has 0 atom stereocenters. The van der Waals surface area contributed by atoms with Crippen LogP contribution in [0.5, 0.6) is 0 Å². The Labute approximate surface area is 199 Å². The molecule has 0 aliphatic carbocycles. The fourth-order valence-electron chi connectivity index (χ4n) is 3.49. The van der Waals surface area contributed by atoms with Crippen molar-refractivity contribution in [1.29, 1.82) is 0 Å². The van der Waals surface area contributed by atoms with Gasteiger partial charge in [0.05, 0.1) is 29.3 Å². The van der Waals surface area contributed by atoms with Crippen LogP contribution in [0.3, 0.4) is 0 Å². The zero-order chi connectivity index (χ0) is 24.3. The van der Waals surface area contributed by atoms with Gasteiger partial charge in [0.1, 0.15) is 0 Å². The van der Waals surface area contributed by atoms with Gasteiger partial charge in [0.25, 0.3) is 5.91 Å². The summed E-state index contributed by atoms with van der Waals surface area (Å²) in [5, 5.41) is 3.55. The fraction of sp³-hybridized carbons (Fsp3) is 0.240. The summed E-state index contributed by atoms with van der Waals surface area (Å²) in [6.07, 6.45) is -0.998. The van der Waals surface area contributed by atoms with Crippen molar-refractivity contribution in [3.63, 3.8) is 0 Å². The molecule has 1 N–H and O–H groups in total. The Bertz CT molecular complexity index is 1300. The zero-order valence-corrected chi connectivity index (χ0v) is 19.5. The molecule has 0 aliphatic rings. The first-order chi connectivity index (χ1) is 16.2. The van der Waals surface area contributed by atoms with Crippen molar-refractivity contribution < 1.29 is 18.0 Å². The van der Waals surface area contributed by atoms with Gasteiger partial charge < -0.3 is 9.88 Å². The van der Waals surface area contributed by atoms with E-state index in [0.29, 0.717) is 28.6 Å². The molecule has 9 heteroatoms. The molecule has 2 aromatic heterocycles. The van der Waals surface area contributed by atoms with Gasteiger partial charge in [0.15, 0.2) is 5.16 Å². The van der Waals surface area contributed by atoms with Gasteiger partial charge in [-0.25, -0.2) is 4.98 Å². The molecular weight excluding hydrogens is 461 g/mol. The van der Waals surface area contributed by atoms with Gasteiger partial charge in [-0.15, -0.1) is 0 Å². The van der Waals surface area contributed by atoms with E-state index in [2.05, 4.69) is 15.3 Å². The fourth-order valence-corrected chi connectivity index (χ4v) is 4.44. The van der Waals surface area contributed by atoms with E-state index in [0.717, 1.165) is 22.7 Å². The van der Waals surface area contributed by atoms with Crippen LogP contribution in [0, 0.1) is 0 Å². The molecule has 0 unspecified atom stereocenters. The van der Waals surface area contributed by atoms with Crippen LogP contribution in [0.15, 0.2) is 72.1 Å². The highest BCUT2D eigenvalue weighted by Crippen LogP contribution is 2.32. The summed E-state index contributed by atoms with van der Waals surface area (Å²) in [6.45, 7) is 4.30. The molecule has 176 valence electrons. The van der Waals surface area contributed by atoms with Crippen molar-refractivity contribution in [3.05, 3.63) is 89.2 Å². The van der Waals surface area contributed by atoms with E-state index >= 15 is 0 Å². The van der Waals surface area contributed by atoms with Crippen LogP contribution in [0.2, 0.25) is 0 Å². The van der Waals surface area contributed by atoms with Gasteiger partial charge in [-0.1, -0.05) is 42.1 Å². The van der Waals surface area contributed by atoms with Crippen molar-refractivity contribution >= 4 is 28.7 Å². The standard InChI is InChI=1S/C25H23F3N4OS/c1-16(2)30-23(33)19-8-6-17(7-9-19)14-32-22-13-29-11-10-21(22)31-24(32)34-15-18-4-3-5-20(12-18)25(26,27)28/h3-13,16H,14-15H2,1-2H3,(H,30,33). The number of rotatable bonds is 7. The van der Waals surface area contributed by atoms with E-state index in [1.165, 1.54) is 23.9 Å². The lowest BCUT2D eigenvalue weighted by Gasteiger charge is -2.12. The third kappa shape index (κ3) is 5.59. The van der Waals surface area contributed by atoms with Crippen LogP contribution in [-0.4, -0.2) is 26.5 Å². The summed E-state index contributed by atoms with van der Waals surface area (Å²) >= 11 is 1.37. The molecule has 0 aliphatic heterocycles. The van der Waals surface area contributed by atoms with Crippen LogP contribution < -0.4 is 5.32 Å². The molecule has 0 spiro atoms. The highest BCUT2D eigenvalue weighted by Gasteiger charge is 2.30. The number of carbonyl (C=O) groups is 1. The van der Waals surface area contributed by atoms with E-state index in [9.17, 15) is 18.0 Å². The number of amides is 1. The van der Waals surface area contributed by atoms with Crippen LogP contribution in [0.25, 0.3) is 11.0 Å². The van der Waals surface area contributed by atoms with E-state index in [-0.39, 0.29) is 11.9 Å². The molecule has 0 saturated heterocycles. The molecule has 0 fully saturated rings. The van der Waals surface area contributed by atoms with E-state index in [1.807, 2.05) is 30.5 Å². The van der Waals surface area contributed by atoms with Crippen molar-refractivity contribution in [3.8, 4) is 0 Å². The number of thioether (sulfide) groups is 1. The maximum Gasteiger partial charge on any atom is 0.416 e. The Hall–Kier alpha value is -3.33. The predicted octanol–water partition coefficient (Wildman–Crippen LogP) is 5.93. The average molecular weight is 485 g/mol. The number of halogens is 3. The molecular formula is C25H23F3N4OS. The van der Waals surface area contributed by atoms with E-state index < -0.39 is 11.7 Å². The molecule has 5 nitrogen and oxygen atoms in total. The highest BCUT2D eigenvalue weighted by molar-refractivity contribution is 7.98. The number of nitrogens with zero attached hydrogens (tertiary/aromatic N) is 3.